The average molecular weight is 253 g/mol. The zero-order valence-electron chi connectivity index (χ0n) is 9.72. The monoisotopic (exact) mass is 252 g/mol. The SMILES string of the molecule is CCc1nn(C)c(Cn2cnc(C=O)c2)c1Cl. The van der Waals surface area contributed by atoms with Gasteiger partial charge in [0.1, 0.15) is 5.69 Å². The molecule has 17 heavy (non-hydrogen) atoms. The molecule has 0 radical (unpaired) electrons. The van der Waals surface area contributed by atoms with Gasteiger partial charge in [-0.25, -0.2) is 4.98 Å². The smallest absolute Gasteiger partial charge is 0.169 e. The summed E-state index contributed by atoms with van der Waals surface area (Å²) in [6, 6.07) is 0. The highest BCUT2D eigenvalue weighted by Crippen LogP contribution is 2.21. The van der Waals surface area contributed by atoms with Crippen molar-refractivity contribution in [1.82, 2.24) is 19.3 Å². The van der Waals surface area contributed by atoms with Crippen LogP contribution in [0.2, 0.25) is 5.02 Å². The Morgan fingerprint density at radius 2 is 2.29 bits per heavy atom. The van der Waals surface area contributed by atoms with Crippen molar-refractivity contribution in [3.63, 3.8) is 0 Å². The van der Waals surface area contributed by atoms with Gasteiger partial charge in [0.05, 0.1) is 29.3 Å². The lowest BCUT2D eigenvalue weighted by Crippen LogP contribution is -2.04. The summed E-state index contributed by atoms with van der Waals surface area (Å²) in [5.41, 5.74) is 2.22. The van der Waals surface area contributed by atoms with Gasteiger partial charge in [0.25, 0.3) is 0 Å². The van der Waals surface area contributed by atoms with Crippen molar-refractivity contribution in [2.24, 2.45) is 7.05 Å². The number of aromatic nitrogens is 4. The summed E-state index contributed by atoms with van der Waals surface area (Å²) in [6.45, 7) is 2.57. The molecule has 0 fully saturated rings. The summed E-state index contributed by atoms with van der Waals surface area (Å²) in [5.74, 6) is 0. The minimum absolute atomic E-state index is 0.416. The molecule has 90 valence electrons. The van der Waals surface area contributed by atoms with Crippen molar-refractivity contribution in [2.45, 2.75) is 19.9 Å². The Bertz CT molecular complexity index is 544. The van der Waals surface area contributed by atoms with Gasteiger partial charge in [-0.15, -0.1) is 0 Å². The van der Waals surface area contributed by atoms with Gasteiger partial charge in [-0.2, -0.15) is 5.10 Å². The number of carbonyl (C=O) groups is 1. The van der Waals surface area contributed by atoms with E-state index in [1.54, 1.807) is 17.2 Å². The number of halogens is 1. The molecular weight excluding hydrogens is 240 g/mol. The quantitative estimate of drug-likeness (QED) is 0.778. The third kappa shape index (κ3) is 2.24. The maximum absolute atomic E-state index is 10.5. The molecule has 2 aromatic rings. The molecule has 2 heterocycles. The van der Waals surface area contributed by atoms with Crippen LogP contribution in [0.15, 0.2) is 12.5 Å². The zero-order valence-corrected chi connectivity index (χ0v) is 10.5. The van der Waals surface area contributed by atoms with Gasteiger partial charge < -0.3 is 4.57 Å². The Morgan fingerprint density at radius 3 is 2.82 bits per heavy atom. The normalized spacial score (nSPS) is 10.8. The van der Waals surface area contributed by atoms with Gasteiger partial charge in [-0.1, -0.05) is 18.5 Å². The van der Waals surface area contributed by atoms with Gasteiger partial charge in [0, 0.05) is 13.2 Å². The summed E-state index contributed by atoms with van der Waals surface area (Å²) < 4.78 is 3.58. The van der Waals surface area contributed by atoms with Crippen LogP contribution < -0.4 is 0 Å². The number of hydrogen-bond donors (Lipinski definition) is 0. The molecule has 0 aromatic carbocycles. The van der Waals surface area contributed by atoms with Crippen molar-refractivity contribution in [2.75, 3.05) is 0 Å². The number of aryl methyl sites for hydroxylation is 2. The van der Waals surface area contributed by atoms with E-state index in [4.69, 9.17) is 11.6 Å². The first-order valence-corrected chi connectivity index (χ1v) is 5.70. The van der Waals surface area contributed by atoms with Gasteiger partial charge >= 0.3 is 0 Å². The number of imidazole rings is 1. The van der Waals surface area contributed by atoms with E-state index < -0.39 is 0 Å². The van der Waals surface area contributed by atoms with Crippen molar-refractivity contribution in [3.05, 3.63) is 34.6 Å². The third-order valence-electron chi connectivity index (χ3n) is 2.61. The van der Waals surface area contributed by atoms with Crippen molar-refractivity contribution in [1.29, 1.82) is 0 Å². The van der Waals surface area contributed by atoms with E-state index in [1.165, 1.54) is 0 Å². The molecule has 0 saturated carbocycles. The Kier molecular flexibility index (Phi) is 3.28. The standard InChI is InChI=1S/C11H13ClN4O/c1-3-9-11(12)10(15(2)14-9)5-16-4-8(6-17)13-7-16/h4,6-7H,3,5H2,1-2H3. The van der Waals surface area contributed by atoms with Crippen LogP contribution in [0, 0.1) is 0 Å². The van der Waals surface area contributed by atoms with Crippen LogP contribution >= 0.6 is 11.6 Å². The van der Waals surface area contributed by atoms with Crippen LogP contribution in [0.1, 0.15) is 28.8 Å². The first-order valence-electron chi connectivity index (χ1n) is 5.33. The zero-order chi connectivity index (χ0) is 12.4. The lowest BCUT2D eigenvalue weighted by molar-refractivity contribution is 0.111. The fourth-order valence-electron chi connectivity index (χ4n) is 1.69. The van der Waals surface area contributed by atoms with Crippen LogP contribution in [-0.4, -0.2) is 25.6 Å². The van der Waals surface area contributed by atoms with E-state index in [2.05, 4.69) is 10.1 Å². The molecule has 0 saturated heterocycles. The summed E-state index contributed by atoms with van der Waals surface area (Å²) in [6.07, 6.45) is 4.82. The lowest BCUT2D eigenvalue weighted by atomic mass is 10.3. The van der Waals surface area contributed by atoms with Crippen molar-refractivity contribution < 1.29 is 4.79 Å². The number of nitrogens with zero attached hydrogens (tertiary/aromatic N) is 4. The van der Waals surface area contributed by atoms with Crippen molar-refractivity contribution >= 4 is 17.9 Å². The van der Waals surface area contributed by atoms with Gasteiger partial charge in [-0.3, -0.25) is 9.48 Å². The Balaban J connectivity index is 2.29. The fraction of sp³-hybridized carbons (Fsp3) is 0.364. The molecule has 5 nitrogen and oxygen atoms in total. The van der Waals surface area contributed by atoms with Gasteiger partial charge in [0.15, 0.2) is 6.29 Å². The Hall–Kier alpha value is -1.62. The molecule has 0 atom stereocenters. The topological polar surface area (TPSA) is 52.7 Å². The summed E-state index contributed by atoms with van der Waals surface area (Å²) in [5, 5.41) is 5.02. The van der Waals surface area contributed by atoms with Crippen LogP contribution in [0.4, 0.5) is 0 Å². The molecule has 0 amide bonds. The Morgan fingerprint density at radius 1 is 1.53 bits per heavy atom. The summed E-state index contributed by atoms with van der Waals surface area (Å²) in [7, 11) is 1.86. The van der Waals surface area contributed by atoms with E-state index in [9.17, 15) is 4.79 Å². The number of rotatable bonds is 4. The first-order chi connectivity index (χ1) is 8.15. The largest absolute Gasteiger partial charge is 0.331 e. The molecule has 0 aliphatic heterocycles. The number of carbonyl (C=O) groups excluding carboxylic acids is 1. The van der Waals surface area contributed by atoms with Crippen LogP contribution in [0.25, 0.3) is 0 Å². The first kappa shape index (κ1) is 11.9. The second-order valence-corrected chi connectivity index (χ2v) is 4.15. The van der Waals surface area contributed by atoms with Gasteiger partial charge in [-0.05, 0) is 6.42 Å². The van der Waals surface area contributed by atoms with E-state index in [0.29, 0.717) is 17.3 Å². The number of hydrogen-bond acceptors (Lipinski definition) is 3. The molecule has 0 bridgehead atoms. The molecule has 0 spiro atoms. The third-order valence-corrected chi connectivity index (χ3v) is 3.05. The minimum atomic E-state index is 0.416. The van der Waals surface area contributed by atoms with Crippen LogP contribution in [0.3, 0.4) is 0 Å². The Labute approximate surface area is 104 Å². The van der Waals surface area contributed by atoms with E-state index in [0.717, 1.165) is 24.1 Å². The second-order valence-electron chi connectivity index (χ2n) is 3.77. The van der Waals surface area contributed by atoms with E-state index in [-0.39, 0.29) is 0 Å². The number of aldehydes is 1. The molecule has 0 aliphatic carbocycles. The highest BCUT2D eigenvalue weighted by atomic mass is 35.5. The summed E-state index contributed by atoms with van der Waals surface area (Å²) in [4.78, 5) is 14.5. The average Bonchev–Trinajstić information content (AvgIpc) is 2.88. The molecular formula is C11H13ClN4O. The molecule has 2 aromatic heterocycles. The highest BCUT2D eigenvalue weighted by molar-refractivity contribution is 6.31. The minimum Gasteiger partial charge on any atom is -0.331 e. The molecule has 0 unspecified atom stereocenters. The molecule has 2 rings (SSSR count). The van der Waals surface area contributed by atoms with E-state index >= 15 is 0 Å². The molecule has 6 heteroatoms. The van der Waals surface area contributed by atoms with Crippen LogP contribution in [-0.2, 0) is 20.0 Å². The van der Waals surface area contributed by atoms with Crippen molar-refractivity contribution in [3.8, 4) is 0 Å². The predicted molar refractivity (Wildman–Crippen MR) is 64.3 cm³/mol. The second kappa shape index (κ2) is 4.71. The van der Waals surface area contributed by atoms with E-state index in [1.807, 2.05) is 18.5 Å². The maximum atomic E-state index is 10.5. The van der Waals surface area contributed by atoms with Crippen LogP contribution in [0.5, 0.6) is 0 Å². The fourth-order valence-corrected chi connectivity index (χ4v) is 2.04. The summed E-state index contributed by atoms with van der Waals surface area (Å²) >= 11 is 6.23. The van der Waals surface area contributed by atoms with Gasteiger partial charge in [0.2, 0.25) is 0 Å². The molecule has 0 N–H and O–H groups in total. The predicted octanol–water partition coefficient (Wildman–Crippen LogP) is 1.69. The molecule has 0 aliphatic rings. The lowest BCUT2D eigenvalue weighted by Gasteiger charge is -2.03. The highest BCUT2D eigenvalue weighted by Gasteiger charge is 2.13. The maximum Gasteiger partial charge on any atom is 0.169 e.